The molecule has 47 heavy (non-hydrogen) atoms. The Kier molecular flexibility index (Phi) is 20.1. The molecule has 2 rings (SSSR count). The number of hydrogen-bond donors (Lipinski definition) is 0. The van der Waals surface area contributed by atoms with Crippen molar-refractivity contribution in [3.63, 3.8) is 0 Å². The van der Waals surface area contributed by atoms with Gasteiger partial charge in [-0.15, -0.1) is 4.37 Å². The van der Waals surface area contributed by atoms with Crippen molar-refractivity contribution in [2.24, 2.45) is 0 Å². The van der Waals surface area contributed by atoms with Crippen LogP contribution in [0.4, 0.5) is 5.82 Å². The first-order valence-electron chi connectivity index (χ1n) is 16.9. The lowest BCUT2D eigenvalue weighted by Crippen LogP contribution is -2.51. The van der Waals surface area contributed by atoms with Crippen LogP contribution in [0.15, 0.2) is 72.9 Å². The summed E-state index contributed by atoms with van der Waals surface area (Å²) in [6.07, 6.45) is 32.1. The quantitative estimate of drug-likeness (QED) is 0.0968. The van der Waals surface area contributed by atoms with Crippen LogP contribution in [0.1, 0.15) is 86.0 Å². The zero-order valence-electron chi connectivity index (χ0n) is 29.1. The first-order valence-corrected chi connectivity index (χ1v) is 17.6. The summed E-state index contributed by atoms with van der Waals surface area (Å²) < 4.78 is 25.7. The first kappa shape index (κ1) is 39.7. The third kappa shape index (κ3) is 17.8. The highest BCUT2D eigenvalue weighted by Crippen LogP contribution is 2.27. The largest absolute Gasteiger partial charge is 0.470 e. The minimum atomic E-state index is -0.652. The van der Waals surface area contributed by atoms with Gasteiger partial charge in [0.15, 0.2) is 6.10 Å². The molecule has 0 aromatic carbocycles. The Morgan fingerprint density at radius 1 is 0.872 bits per heavy atom. The summed E-state index contributed by atoms with van der Waals surface area (Å²) in [6.45, 7) is 12.4. The van der Waals surface area contributed by atoms with Crippen LogP contribution >= 0.6 is 11.7 Å². The van der Waals surface area contributed by atoms with Gasteiger partial charge in [-0.2, -0.15) is 4.37 Å². The smallest absolute Gasteiger partial charge is 0.303 e. The molecule has 1 aromatic rings. The van der Waals surface area contributed by atoms with Crippen LogP contribution in [0.2, 0.25) is 0 Å². The summed E-state index contributed by atoms with van der Waals surface area (Å²) in [5, 5.41) is 0. The van der Waals surface area contributed by atoms with Crippen LogP contribution in [0, 0.1) is 0 Å². The lowest BCUT2D eigenvalue weighted by atomic mass is 10.0. The summed E-state index contributed by atoms with van der Waals surface area (Å²) >= 11 is 1.08. The van der Waals surface area contributed by atoms with E-state index in [-0.39, 0.29) is 19.1 Å². The number of ether oxygens (including phenoxy) is 3. The van der Waals surface area contributed by atoms with Gasteiger partial charge in [-0.3, -0.25) is 9.59 Å². The highest BCUT2D eigenvalue weighted by molar-refractivity contribution is 6.99. The van der Waals surface area contributed by atoms with E-state index < -0.39 is 17.6 Å². The second kappa shape index (κ2) is 23.8. The van der Waals surface area contributed by atoms with Gasteiger partial charge in [-0.25, -0.2) is 0 Å². The maximum Gasteiger partial charge on any atom is 0.303 e. The average Bonchev–Trinajstić information content (AvgIpc) is 3.51. The number of hydrogen-bond acceptors (Lipinski definition) is 9. The summed E-state index contributed by atoms with van der Waals surface area (Å²) in [7, 11) is 0. The molecule has 9 nitrogen and oxygen atoms in total. The number of nitrogens with zero attached hydrogens (tertiary/aromatic N) is 4. The number of morpholine rings is 1. The number of carbonyl (C=O) groups is 2. The predicted molar refractivity (Wildman–Crippen MR) is 193 cm³/mol. The molecule has 1 atom stereocenters. The van der Waals surface area contributed by atoms with Gasteiger partial charge in [0, 0.05) is 32.0 Å². The van der Waals surface area contributed by atoms with E-state index in [0.29, 0.717) is 50.8 Å². The number of aromatic nitrogens is 2. The predicted octanol–water partition coefficient (Wildman–Crippen LogP) is 7.79. The fraction of sp³-hybridized carbons (Fsp3) is 0.568. The minimum Gasteiger partial charge on any atom is -0.470 e. The molecule has 2 heterocycles. The Bertz CT molecular complexity index is 1210. The molecule has 0 bridgehead atoms. The van der Waals surface area contributed by atoms with Crippen molar-refractivity contribution < 1.29 is 23.8 Å². The topological polar surface area (TPSA) is 94.1 Å². The number of anilines is 1. The van der Waals surface area contributed by atoms with Gasteiger partial charge in [0.25, 0.3) is 5.88 Å². The standard InChI is InChI=1S/C37H56N4O5S/c1-6-7-8-9-10-11-12-13-14-15-16-17-18-19-20-21-22-23-24-25-34(43)41(37(3,4)5)30-33(46-32(2)42)31-45-36-35(38-47-39-36)40-26-28-44-29-27-40/h7-8,10-11,13-14,16-17,19-20,22-23,33H,6,9,12,15,18,21,24-31H2,1-5H3/b8-7-,11-10-,14-13-,17-16-,20-19-,23-22-/t33-/m0/s1. The molecule has 0 unspecified atom stereocenters. The molecule has 0 radical (unpaired) electrons. The van der Waals surface area contributed by atoms with E-state index in [1.54, 1.807) is 4.90 Å². The van der Waals surface area contributed by atoms with Crippen molar-refractivity contribution in [3.8, 4) is 5.88 Å². The maximum atomic E-state index is 13.3. The third-order valence-corrected chi connectivity index (χ3v) is 7.61. The molecule has 1 aromatic heterocycles. The molecule has 0 spiro atoms. The Labute approximate surface area is 287 Å². The lowest BCUT2D eigenvalue weighted by Gasteiger charge is -2.38. The number of esters is 1. The molecule has 10 heteroatoms. The summed E-state index contributed by atoms with van der Waals surface area (Å²) in [5.74, 6) is 0.640. The van der Waals surface area contributed by atoms with Crippen LogP contribution in [0.3, 0.4) is 0 Å². The monoisotopic (exact) mass is 668 g/mol. The lowest BCUT2D eigenvalue weighted by molar-refractivity contribution is -0.153. The second-order valence-electron chi connectivity index (χ2n) is 12.2. The molecule has 1 amide bonds. The van der Waals surface area contributed by atoms with Crippen molar-refractivity contribution in [1.29, 1.82) is 0 Å². The van der Waals surface area contributed by atoms with Gasteiger partial charge in [0.05, 0.1) is 31.5 Å². The van der Waals surface area contributed by atoms with Gasteiger partial charge in [-0.05, 0) is 65.7 Å². The molecule has 1 aliphatic heterocycles. The highest BCUT2D eigenvalue weighted by Gasteiger charge is 2.30. The van der Waals surface area contributed by atoms with Crippen LogP contribution in [0.5, 0.6) is 5.88 Å². The van der Waals surface area contributed by atoms with Gasteiger partial charge in [0.2, 0.25) is 11.7 Å². The van der Waals surface area contributed by atoms with Crippen LogP contribution in [-0.2, 0) is 19.1 Å². The SMILES string of the molecule is CC/C=C\C/C=C\C/C=C\C/C=C\C/C=C\C/C=C\CCC(=O)N(C[C@@H](COc1nsnc1N1CCOCC1)OC(C)=O)C(C)(C)C. The number of carbonyl (C=O) groups excluding carboxylic acids is 2. The molecule has 1 aliphatic rings. The van der Waals surface area contributed by atoms with Gasteiger partial charge < -0.3 is 24.0 Å². The Morgan fingerprint density at radius 2 is 1.40 bits per heavy atom. The Morgan fingerprint density at radius 3 is 1.91 bits per heavy atom. The molecule has 260 valence electrons. The average molecular weight is 669 g/mol. The van der Waals surface area contributed by atoms with Crippen molar-refractivity contribution in [2.75, 3.05) is 44.4 Å². The molecule has 1 saturated heterocycles. The second-order valence-corrected chi connectivity index (χ2v) is 12.7. The van der Waals surface area contributed by atoms with E-state index in [1.165, 1.54) is 6.92 Å². The van der Waals surface area contributed by atoms with Crippen molar-refractivity contribution in [1.82, 2.24) is 13.6 Å². The van der Waals surface area contributed by atoms with E-state index >= 15 is 0 Å². The molecular formula is C37H56N4O5S. The summed E-state index contributed by atoms with van der Waals surface area (Å²) in [6, 6.07) is 0. The van der Waals surface area contributed by atoms with Crippen molar-refractivity contribution in [3.05, 3.63) is 72.9 Å². The summed E-state index contributed by atoms with van der Waals surface area (Å²) in [5.41, 5.74) is -0.463. The molecule has 1 fully saturated rings. The number of amides is 1. The minimum absolute atomic E-state index is 0.00138. The van der Waals surface area contributed by atoms with Crippen LogP contribution < -0.4 is 9.64 Å². The van der Waals surface area contributed by atoms with E-state index in [4.69, 9.17) is 14.2 Å². The van der Waals surface area contributed by atoms with Crippen molar-refractivity contribution >= 4 is 29.4 Å². The van der Waals surface area contributed by atoms with Gasteiger partial charge in [0.1, 0.15) is 6.61 Å². The summed E-state index contributed by atoms with van der Waals surface area (Å²) in [4.78, 5) is 29.1. The van der Waals surface area contributed by atoms with Crippen molar-refractivity contribution in [2.45, 2.75) is 97.6 Å². The van der Waals surface area contributed by atoms with E-state index in [0.717, 1.165) is 50.3 Å². The maximum absolute atomic E-state index is 13.3. The van der Waals surface area contributed by atoms with Crippen LogP contribution in [0.25, 0.3) is 0 Å². The van der Waals surface area contributed by atoms with E-state index in [9.17, 15) is 9.59 Å². The molecular weight excluding hydrogens is 612 g/mol. The number of allylic oxidation sites excluding steroid dienone is 12. The molecule has 0 saturated carbocycles. The molecule has 0 aliphatic carbocycles. The zero-order chi connectivity index (χ0) is 34.2. The number of rotatable bonds is 21. The van der Waals surface area contributed by atoms with E-state index in [1.807, 2.05) is 26.8 Å². The third-order valence-electron chi connectivity index (χ3n) is 7.11. The fourth-order valence-electron chi connectivity index (χ4n) is 4.70. The Hall–Kier alpha value is -3.50. The fourth-order valence-corrected chi connectivity index (χ4v) is 5.22. The van der Waals surface area contributed by atoms with E-state index in [2.05, 4.69) is 87.4 Å². The van der Waals surface area contributed by atoms with Gasteiger partial charge in [-0.1, -0.05) is 79.8 Å². The van der Waals surface area contributed by atoms with Crippen LogP contribution in [-0.4, -0.2) is 76.6 Å². The normalized spacial score (nSPS) is 15.3. The zero-order valence-corrected chi connectivity index (χ0v) is 30.0. The van der Waals surface area contributed by atoms with Gasteiger partial charge >= 0.3 is 5.97 Å². The Balaban J connectivity index is 1.74. The first-order chi connectivity index (χ1) is 22.7. The highest BCUT2D eigenvalue weighted by atomic mass is 32.1. The molecule has 0 N–H and O–H groups in total.